The first kappa shape index (κ1) is 16.7. The monoisotopic (exact) mass is 320 g/mol. The van der Waals surface area contributed by atoms with E-state index in [4.69, 9.17) is 11.6 Å². The van der Waals surface area contributed by atoms with Gasteiger partial charge in [0.2, 0.25) is 0 Å². The molecule has 0 bridgehead atoms. The van der Waals surface area contributed by atoms with Crippen LogP contribution in [0.1, 0.15) is 42.9 Å². The van der Waals surface area contributed by atoms with E-state index in [2.05, 4.69) is 6.92 Å². The molecule has 0 fully saturated rings. The van der Waals surface area contributed by atoms with E-state index in [0.29, 0.717) is 5.02 Å². The summed E-state index contributed by atoms with van der Waals surface area (Å²) in [6.45, 7) is 2.16. The average molecular weight is 321 g/mol. The molecule has 2 aromatic carbocycles. The van der Waals surface area contributed by atoms with Crippen molar-refractivity contribution in [3.63, 3.8) is 0 Å². The lowest BCUT2D eigenvalue weighted by Crippen LogP contribution is -1.88. The quantitative estimate of drug-likeness (QED) is 0.404. The maximum atomic E-state index is 14.2. The van der Waals surface area contributed by atoms with E-state index in [-0.39, 0.29) is 11.1 Å². The summed E-state index contributed by atoms with van der Waals surface area (Å²) >= 11 is 5.75. The zero-order chi connectivity index (χ0) is 15.9. The third-order valence-corrected chi connectivity index (χ3v) is 3.82. The molecule has 0 unspecified atom stereocenters. The van der Waals surface area contributed by atoms with Crippen molar-refractivity contribution in [1.82, 2.24) is 0 Å². The molecule has 0 amide bonds. The molecule has 0 saturated heterocycles. The number of halogens is 3. The molecule has 0 aliphatic heterocycles. The van der Waals surface area contributed by atoms with Gasteiger partial charge in [0.25, 0.3) is 0 Å². The third-order valence-electron chi connectivity index (χ3n) is 3.57. The van der Waals surface area contributed by atoms with Gasteiger partial charge >= 0.3 is 0 Å². The summed E-state index contributed by atoms with van der Waals surface area (Å²) in [4.78, 5) is 0. The van der Waals surface area contributed by atoms with Gasteiger partial charge in [0.1, 0.15) is 0 Å². The van der Waals surface area contributed by atoms with Gasteiger partial charge in [-0.25, -0.2) is 8.78 Å². The molecule has 2 rings (SSSR count). The molecular weight excluding hydrogens is 302 g/mol. The highest BCUT2D eigenvalue weighted by molar-refractivity contribution is 6.30. The van der Waals surface area contributed by atoms with E-state index in [0.717, 1.165) is 18.4 Å². The Balaban J connectivity index is 2.15. The first-order chi connectivity index (χ1) is 10.6. The van der Waals surface area contributed by atoms with Crippen LogP contribution in [0.3, 0.4) is 0 Å². The van der Waals surface area contributed by atoms with Crippen molar-refractivity contribution >= 4 is 23.3 Å². The minimum absolute atomic E-state index is 0.189. The lowest BCUT2D eigenvalue weighted by atomic mass is 10.0. The highest BCUT2D eigenvalue weighted by Crippen LogP contribution is 2.29. The maximum absolute atomic E-state index is 14.2. The van der Waals surface area contributed by atoms with E-state index in [1.165, 1.54) is 25.0 Å². The molecule has 0 heterocycles. The average Bonchev–Trinajstić information content (AvgIpc) is 2.55. The highest BCUT2D eigenvalue weighted by atomic mass is 35.5. The van der Waals surface area contributed by atoms with Crippen LogP contribution in [0.25, 0.3) is 11.7 Å². The summed E-state index contributed by atoms with van der Waals surface area (Å²) in [6, 6.07) is 13.0. The Kier molecular flexibility index (Phi) is 6.14. The van der Waals surface area contributed by atoms with E-state index >= 15 is 0 Å². The van der Waals surface area contributed by atoms with Crippen LogP contribution >= 0.6 is 11.6 Å². The fourth-order valence-electron chi connectivity index (χ4n) is 2.25. The molecule has 0 spiro atoms. The van der Waals surface area contributed by atoms with Crippen LogP contribution in [0.5, 0.6) is 0 Å². The summed E-state index contributed by atoms with van der Waals surface area (Å²) in [6.07, 6.45) is 4.44. The van der Waals surface area contributed by atoms with Crippen molar-refractivity contribution in [3.05, 3.63) is 70.2 Å². The lowest BCUT2D eigenvalue weighted by Gasteiger charge is -2.05. The molecule has 0 saturated carbocycles. The van der Waals surface area contributed by atoms with Crippen LogP contribution < -0.4 is 0 Å². The Hall–Kier alpha value is -1.67. The normalized spacial score (nSPS) is 12.2. The summed E-state index contributed by atoms with van der Waals surface area (Å²) in [5, 5.41) is 0.494. The van der Waals surface area contributed by atoms with Gasteiger partial charge in [0, 0.05) is 16.1 Å². The van der Waals surface area contributed by atoms with Crippen LogP contribution in [-0.2, 0) is 6.42 Å². The summed E-state index contributed by atoms with van der Waals surface area (Å²) in [7, 11) is 0. The second-order valence-electron chi connectivity index (χ2n) is 5.29. The van der Waals surface area contributed by atoms with E-state index in [1.807, 2.05) is 12.1 Å². The largest absolute Gasteiger partial charge is 0.203 e. The molecule has 0 N–H and O–H groups in total. The van der Waals surface area contributed by atoms with Gasteiger partial charge in [0.05, 0.1) is 0 Å². The maximum Gasteiger partial charge on any atom is 0.166 e. The van der Waals surface area contributed by atoms with Crippen LogP contribution in [-0.4, -0.2) is 0 Å². The standard InChI is InChI=1S/C19H19ClF2/c1-2-3-4-5-14-6-8-15(9-7-14)18(21)19(22)16-10-12-17(20)13-11-16/h6-13H,2-5H2,1H3. The smallest absolute Gasteiger partial charge is 0.166 e. The topological polar surface area (TPSA) is 0 Å². The van der Waals surface area contributed by atoms with Crippen molar-refractivity contribution < 1.29 is 8.78 Å². The zero-order valence-corrected chi connectivity index (χ0v) is 13.3. The fourth-order valence-corrected chi connectivity index (χ4v) is 2.37. The Morgan fingerprint density at radius 3 is 1.82 bits per heavy atom. The summed E-state index contributed by atoms with van der Waals surface area (Å²) in [5.74, 6) is -1.71. The number of aryl methyl sites for hydroxylation is 1. The van der Waals surface area contributed by atoms with Gasteiger partial charge in [-0.05, 0) is 30.5 Å². The van der Waals surface area contributed by atoms with Gasteiger partial charge in [-0.2, -0.15) is 0 Å². The lowest BCUT2D eigenvalue weighted by molar-refractivity contribution is 0.699. The molecule has 0 radical (unpaired) electrons. The number of unbranched alkanes of at least 4 members (excludes halogenated alkanes) is 2. The Labute approximate surface area is 135 Å². The van der Waals surface area contributed by atoms with Crippen molar-refractivity contribution in [3.8, 4) is 0 Å². The van der Waals surface area contributed by atoms with Crippen molar-refractivity contribution in [1.29, 1.82) is 0 Å². The van der Waals surface area contributed by atoms with Gasteiger partial charge in [0.15, 0.2) is 11.7 Å². The van der Waals surface area contributed by atoms with Crippen LogP contribution in [0, 0.1) is 0 Å². The first-order valence-electron chi connectivity index (χ1n) is 7.52. The van der Waals surface area contributed by atoms with Crippen LogP contribution in [0.4, 0.5) is 8.78 Å². The van der Waals surface area contributed by atoms with Crippen LogP contribution in [0.2, 0.25) is 5.02 Å². The molecule has 2 aromatic rings. The second kappa shape index (κ2) is 8.09. The predicted octanol–water partition coefficient (Wildman–Crippen LogP) is 6.84. The molecule has 3 heteroatoms. The van der Waals surface area contributed by atoms with Crippen LogP contribution in [0.15, 0.2) is 48.5 Å². The Morgan fingerprint density at radius 1 is 0.818 bits per heavy atom. The minimum Gasteiger partial charge on any atom is -0.203 e. The zero-order valence-electron chi connectivity index (χ0n) is 12.6. The summed E-state index contributed by atoms with van der Waals surface area (Å²) < 4.78 is 28.4. The van der Waals surface area contributed by atoms with E-state index in [1.54, 1.807) is 24.3 Å². The molecule has 0 aromatic heterocycles. The van der Waals surface area contributed by atoms with Gasteiger partial charge in [-0.1, -0.05) is 67.8 Å². The van der Waals surface area contributed by atoms with E-state index < -0.39 is 11.7 Å². The molecule has 116 valence electrons. The fraction of sp³-hybridized carbons (Fsp3) is 0.263. The number of benzene rings is 2. The van der Waals surface area contributed by atoms with Crippen molar-refractivity contribution in [2.24, 2.45) is 0 Å². The molecule has 0 nitrogen and oxygen atoms in total. The number of rotatable bonds is 6. The molecule has 0 aliphatic carbocycles. The van der Waals surface area contributed by atoms with Gasteiger partial charge in [-0.3, -0.25) is 0 Å². The molecule has 0 aliphatic rings. The third kappa shape index (κ3) is 4.41. The van der Waals surface area contributed by atoms with E-state index in [9.17, 15) is 8.78 Å². The van der Waals surface area contributed by atoms with Crippen molar-refractivity contribution in [2.45, 2.75) is 32.6 Å². The molecular formula is C19H19ClF2. The second-order valence-corrected chi connectivity index (χ2v) is 5.73. The Morgan fingerprint density at radius 2 is 1.32 bits per heavy atom. The molecule has 22 heavy (non-hydrogen) atoms. The number of hydrogen-bond donors (Lipinski definition) is 0. The highest BCUT2D eigenvalue weighted by Gasteiger charge is 2.11. The predicted molar refractivity (Wildman–Crippen MR) is 90.2 cm³/mol. The van der Waals surface area contributed by atoms with Gasteiger partial charge < -0.3 is 0 Å². The first-order valence-corrected chi connectivity index (χ1v) is 7.90. The SMILES string of the molecule is CCCCCc1ccc(C(F)=C(F)c2ccc(Cl)cc2)cc1. The minimum atomic E-state index is -0.865. The summed E-state index contributed by atoms with van der Waals surface area (Å²) in [5.41, 5.74) is 1.59. The Bertz CT molecular complexity index is 627. The van der Waals surface area contributed by atoms with Crippen molar-refractivity contribution in [2.75, 3.05) is 0 Å². The van der Waals surface area contributed by atoms with Gasteiger partial charge in [-0.15, -0.1) is 0 Å². The molecule has 0 atom stereocenters. The number of hydrogen-bond acceptors (Lipinski definition) is 0.